The molecule has 2 heterocycles. The summed E-state index contributed by atoms with van der Waals surface area (Å²) in [6.45, 7) is 14.1. The number of aromatic nitrogens is 2. The summed E-state index contributed by atoms with van der Waals surface area (Å²) in [6.07, 6.45) is 1.20. The van der Waals surface area contributed by atoms with Crippen molar-refractivity contribution < 1.29 is 0 Å². The minimum Gasteiger partial charge on any atom is -0.326 e. The van der Waals surface area contributed by atoms with Crippen LogP contribution < -0.4 is 5.73 Å². The van der Waals surface area contributed by atoms with Crippen LogP contribution in [-0.2, 0) is 6.54 Å². The van der Waals surface area contributed by atoms with Crippen LogP contribution in [0.25, 0.3) is 0 Å². The molecule has 4 heteroatoms. The molecule has 1 aromatic rings. The quantitative estimate of drug-likeness (QED) is 0.911. The molecule has 0 bridgehead atoms. The second kappa shape index (κ2) is 5.63. The average Bonchev–Trinajstić information content (AvgIpc) is 2.67. The van der Waals surface area contributed by atoms with Gasteiger partial charge in [-0.2, -0.15) is 5.10 Å². The molecule has 3 unspecified atom stereocenters. The number of nitrogens with zero attached hydrogens (tertiary/aromatic N) is 3. The molecule has 108 valence electrons. The van der Waals surface area contributed by atoms with Gasteiger partial charge in [-0.05, 0) is 46.6 Å². The minimum absolute atomic E-state index is 0.304. The molecule has 3 atom stereocenters. The molecule has 1 saturated heterocycles. The van der Waals surface area contributed by atoms with Gasteiger partial charge >= 0.3 is 0 Å². The highest BCUT2D eigenvalue weighted by Gasteiger charge is 2.29. The van der Waals surface area contributed by atoms with E-state index in [-0.39, 0.29) is 0 Å². The number of likely N-dealkylation sites (tertiary alicyclic amines) is 1. The largest absolute Gasteiger partial charge is 0.326 e. The molecule has 1 aliphatic rings. The Labute approximate surface area is 117 Å². The van der Waals surface area contributed by atoms with E-state index in [1.54, 1.807) is 0 Å². The molecule has 2 rings (SSSR count). The van der Waals surface area contributed by atoms with Gasteiger partial charge in [0.15, 0.2) is 0 Å². The molecule has 0 radical (unpaired) electrons. The van der Waals surface area contributed by atoms with Gasteiger partial charge in [-0.25, -0.2) is 0 Å². The lowest BCUT2D eigenvalue weighted by atomic mass is 9.92. The van der Waals surface area contributed by atoms with Crippen molar-refractivity contribution in [1.82, 2.24) is 14.7 Å². The Morgan fingerprint density at radius 1 is 1.42 bits per heavy atom. The van der Waals surface area contributed by atoms with E-state index >= 15 is 0 Å². The maximum absolute atomic E-state index is 6.23. The first kappa shape index (κ1) is 14.5. The Bertz CT molecular complexity index is 438. The summed E-state index contributed by atoms with van der Waals surface area (Å²) in [4.78, 5) is 2.52. The lowest BCUT2D eigenvalue weighted by Crippen LogP contribution is -2.48. The van der Waals surface area contributed by atoms with Crippen LogP contribution in [-0.4, -0.2) is 33.8 Å². The van der Waals surface area contributed by atoms with Crippen LogP contribution >= 0.6 is 0 Å². The van der Waals surface area contributed by atoms with Gasteiger partial charge in [0.25, 0.3) is 0 Å². The molecule has 0 amide bonds. The van der Waals surface area contributed by atoms with Crippen molar-refractivity contribution >= 4 is 0 Å². The Balaban J connectivity index is 2.20. The molecular weight excluding hydrogens is 236 g/mol. The topological polar surface area (TPSA) is 47.1 Å². The summed E-state index contributed by atoms with van der Waals surface area (Å²) in [6, 6.07) is 0.719. The van der Waals surface area contributed by atoms with Crippen molar-refractivity contribution in [3.63, 3.8) is 0 Å². The predicted octanol–water partition coefficient (Wildman–Crippen LogP) is 2.25. The third-order valence-corrected chi connectivity index (χ3v) is 4.75. The summed E-state index contributed by atoms with van der Waals surface area (Å²) in [5.41, 5.74) is 10.1. The van der Waals surface area contributed by atoms with Gasteiger partial charge in [-0.1, -0.05) is 6.92 Å². The Hall–Kier alpha value is -0.870. The lowest BCUT2D eigenvalue weighted by molar-refractivity contribution is 0.128. The minimum atomic E-state index is 0.304. The van der Waals surface area contributed by atoms with Gasteiger partial charge in [-0.15, -0.1) is 0 Å². The van der Waals surface area contributed by atoms with E-state index in [1.165, 1.54) is 23.4 Å². The van der Waals surface area contributed by atoms with Crippen molar-refractivity contribution in [2.45, 2.75) is 59.7 Å². The number of nitrogens with two attached hydrogens (primary N) is 1. The van der Waals surface area contributed by atoms with Crippen LogP contribution in [0, 0.1) is 19.8 Å². The highest BCUT2D eigenvalue weighted by atomic mass is 15.3. The van der Waals surface area contributed by atoms with Crippen molar-refractivity contribution in [3.8, 4) is 0 Å². The van der Waals surface area contributed by atoms with Crippen LogP contribution in [0.5, 0.6) is 0 Å². The van der Waals surface area contributed by atoms with Crippen molar-refractivity contribution in [2.24, 2.45) is 11.7 Å². The highest BCUT2D eigenvalue weighted by molar-refractivity contribution is 5.28. The van der Waals surface area contributed by atoms with Crippen LogP contribution in [0.4, 0.5) is 0 Å². The van der Waals surface area contributed by atoms with E-state index in [1.807, 2.05) is 0 Å². The molecule has 0 saturated carbocycles. The number of aryl methyl sites for hydroxylation is 2. The average molecular weight is 264 g/mol. The first-order valence-electron chi connectivity index (χ1n) is 7.49. The Morgan fingerprint density at radius 3 is 2.63 bits per heavy atom. The van der Waals surface area contributed by atoms with Crippen LogP contribution in [0.15, 0.2) is 0 Å². The maximum Gasteiger partial charge on any atom is 0.0644 e. The predicted molar refractivity (Wildman–Crippen MR) is 79.1 cm³/mol. The zero-order valence-corrected chi connectivity index (χ0v) is 13.0. The van der Waals surface area contributed by atoms with Crippen molar-refractivity contribution in [1.29, 1.82) is 0 Å². The molecule has 0 aromatic carbocycles. The fraction of sp³-hybridized carbons (Fsp3) is 0.800. The van der Waals surface area contributed by atoms with E-state index in [0.29, 0.717) is 18.0 Å². The normalized spacial score (nSPS) is 26.6. The monoisotopic (exact) mass is 264 g/mol. The molecule has 1 aliphatic heterocycles. The number of hydrogen-bond donors (Lipinski definition) is 1. The van der Waals surface area contributed by atoms with E-state index in [2.05, 4.69) is 49.3 Å². The van der Waals surface area contributed by atoms with Crippen LogP contribution in [0.3, 0.4) is 0 Å². The summed E-state index contributed by atoms with van der Waals surface area (Å²) < 4.78 is 2.10. The Kier molecular flexibility index (Phi) is 4.31. The molecule has 1 aromatic heterocycles. The zero-order chi connectivity index (χ0) is 14.2. The second-order valence-electron chi connectivity index (χ2n) is 6.00. The highest BCUT2D eigenvalue weighted by Crippen LogP contribution is 2.29. The lowest BCUT2D eigenvalue weighted by Gasteiger charge is -2.38. The van der Waals surface area contributed by atoms with Gasteiger partial charge < -0.3 is 5.73 Å². The molecule has 19 heavy (non-hydrogen) atoms. The van der Waals surface area contributed by atoms with Crippen LogP contribution in [0.1, 0.15) is 50.2 Å². The standard InChI is InChI=1S/C15H28N4/c1-6-19-13(5)15(11(3)17-19)12(4)18-8-7-10(2)14(16)9-18/h10,12,14H,6-9,16H2,1-5H3. The van der Waals surface area contributed by atoms with Crippen molar-refractivity contribution in [3.05, 3.63) is 17.0 Å². The fourth-order valence-corrected chi connectivity index (χ4v) is 3.28. The first-order chi connectivity index (χ1) is 8.95. The van der Waals surface area contributed by atoms with Gasteiger partial charge in [-0.3, -0.25) is 9.58 Å². The Morgan fingerprint density at radius 2 is 2.11 bits per heavy atom. The summed E-state index contributed by atoms with van der Waals surface area (Å²) in [5.74, 6) is 0.643. The second-order valence-corrected chi connectivity index (χ2v) is 6.00. The van der Waals surface area contributed by atoms with E-state index < -0.39 is 0 Å². The van der Waals surface area contributed by atoms with Crippen molar-refractivity contribution in [2.75, 3.05) is 13.1 Å². The molecule has 0 aliphatic carbocycles. The van der Waals surface area contributed by atoms with Gasteiger partial charge in [0.05, 0.1) is 5.69 Å². The summed E-state index contributed by atoms with van der Waals surface area (Å²) in [5, 5.41) is 4.64. The summed E-state index contributed by atoms with van der Waals surface area (Å²) >= 11 is 0. The summed E-state index contributed by atoms with van der Waals surface area (Å²) in [7, 11) is 0. The SMILES string of the molecule is CCn1nc(C)c(C(C)N2CCC(C)C(N)C2)c1C. The molecular formula is C15H28N4. The number of piperidine rings is 1. The molecule has 0 spiro atoms. The van der Waals surface area contributed by atoms with Gasteiger partial charge in [0.2, 0.25) is 0 Å². The maximum atomic E-state index is 6.23. The van der Waals surface area contributed by atoms with Gasteiger partial charge in [0.1, 0.15) is 0 Å². The van der Waals surface area contributed by atoms with E-state index in [0.717, 1.165) is 19.6 Å². The van der Waals surface area contributed by atoms with E-state index in [9.17, 15) is 0 Å². The fourth-order valence-electron chi connectivity index (χ4n) is 3.28. The number of rotatable bonds is 3. The van der Waals surface area contributed by atoms with Gasteiger partial charge in [0, 0.05) is 36.4 Å². The third kappa shape index (κ3) is 2.70. The molecule has 1 fully saturated rings. The first-order valence-corrected chi connectivity index (χ1v) is 7.49. The smallest absolute Gasteiger partial charge is 0.0644 e. The zero-order valence-electron chi connectivity index (χ0n) is 13.0. The molecule has 2 N–H and O–H groups in total. The van der Waals surface area contributed by atoms with E-state index in [4.69, 9.17) is 5.73 Å². The third-order valence-electron chi connectivity index (χ3n) is 4.75. The van der Waals surface area contributed by atoms with Crippen LogP contribution in [0.2, 0.25) is 0 Å². The number of hydrogen-bond acceptors (Lipinski definition) is 3. The molecule has 4 nitrogen and oxygen atoms in total.